The molecule has 0 aliphatic carbocycles. The number of amides is 1. The Morgan fingerprint density at radius 3 is 3.20 bits per heavy atom. The first-order valence-corrected chi connectivity index (χ1v) is 4.68. The Kier molecular flexibility index (Phi) is 5.42. The number of nitrogens with zero attached hydrogens (tertiary/aromatic N) is 1. The molecule has 0 aliphatic heterocycles. The molecule has 0 aromatic carbocycles. The molecule has 0 atom stereocenters. The summed E-state index contributed by atoms with van der Waals surface area (Å²) in [6.45, 7) is 1.92. The summed E-state index contributed by atoms with van der Waals surface area (Å²) in [5, 5.41) is 9.30. The zero-order chi connectivity index (χ0) is 10.9. The van der Waals surface area contributed by atoms with Crippen LogP contribution in [0.5, 0.6) is 0 Å². The van der Waals surface area contributed by atoms with Gasteiger partial charge < -0.3 is 19.9 Å². The van der Waals surface area contributed by atoms with Crippen molar-refractivity contribution in [3.8, 4) is 0 Å². The van der Waals surface area contributed by atoms with Gasteiger partial charge in [-0.2, -0.15) is 0 Å². The molecule has 15 heavy (non-hydrogen) atoms. The van der Waals surface area contributed by atoms with Gasteiger partial charge in [0, 0.05) is 19.7 Å². The van der Waals surface area contributed by atoms with Crippen molar-refractivity contribution in [3.05, 3.63) is 18.0 Å². The van der Waals surface area contributed by atoms with Gasteiger partial charge in [-0.3, -0.25) is 4.79 Å². The molecular weight excluding hydrogens is 198 g/mol. The van der Waals surface area contributed by atoms with Crippen LogP contribution in [0, 0.1) is 0 Å². The number of hydrogen-bond acceptors (Lipinski definition) is 5. The fourth-order valence-corrected chi connectivity index (χ4v) is 0.957. The summed E-state index contributed by atoms with van der Waals surface area (Å²) in [7, 11) is 1.62. The first-order chi connectivity index (χ1) is 7.33. The van der Waals surface area contributed by atoms with Crippen LogP contribution in [0.25, 0.3) is 0 Å². The van der Waals surface area contributed by atoms with Crippen LogP contribution in [-0.4, -0.2) is 37.9 Å². The van der Waals surface area contributed by atoms with Crippen molar-refractivity contribution in [2.45, 2.75) is 6.54 Å². The van der Waals surface area contributed by atoms with E-state index in [0.29, 0.717) is 25.4 Å². The van der Waals surface area contributed by atoms with E-state index in [1.807, 2.05) is 0 Å². The van der Waals surface area contributed by atoms with Gasteiger partial charge >= 0.3 is 0 Å². The second kappa shape index (κ2) is 6.97. The molecule has 1 rings (SSSR count). The van der Waals surface area contributed by atoms with Gasteiger partial charge in [-0.15, -0.1) is 0 Å². The van der Waals surface area contributed by atoms with Crippen LogP contribution >= 0.6 is 0 Å². The first kappa shape index (κ1) is 11.7. The predicted molar refractivity (Wildman–Crippen MR) is 53.1 cm³/mol. The van der Waals surface area contributed by atoms with Gasteiger partial charge in [-0.1, -0.05) is 5.16 Å². The fourth-order valence-electron chi connectivity index (χ4n) is 0.957. The van der Waals surface area contributed by atoms with Gasteiger partial charge in [0.1, 0.15) is 12.0 Å². The Bertz CT molecular complexity index is 274. The molecule has 0 unspecified atom stereocenters. The third-order valence-corrected chi connectivity index (χ3v) is 1.73. The van der Waals surface area contributed by atoms with Crippen molar-refractivity contribution in [3.63, 3.8) is 0 Å². The average Bonchev–Trinajstić information content (AvgIpc) is 2.74. The third kappa shape index (κ3) is 5.14. The quantitative estimate of drug-likeness (QED) is 0.599. The maximum absolute atomic E-state index is 11.2. The molecule has 2 N–H and O–H groups in total. The second-order valence-electron chi connectivity index (χ2n) is 2.94. The number of rotatable bonds is 7. The van der Waals surface area contributed by atoms with Crippen LogP contribution in [0.2, 0.25) is 0 Å². The van der Waals surface area contributed by atoms with Gasteiger partial charge in [-0.05, 0) is 0 Å². The number of methoxy groups -OCH3 is 1. The van der Waals surface area contributed by atoms with E-state index in [1.165, 1.54) is 6.26 Å². The molecule has 0 fully saturated rings. The summed E-state index contributed by atoms with van der Waals surface area (Å²) < 4.78 is 9.45. The smallest absolute Gasteiger partial charge is 0.234 e. The van der Waals surface area contributed by atoms with Crippen LogP contribution in [0.1, 0.15) is 5.69 Å². The van der Waals surface area contributed by atoms with Crippen molar-refractivity contribution in [2.24, 2.45) is 0 Å². The lowest BCUT2D eigenvalue weighted by Crippen LogP contribution is -2.34. The standard InChI is InChI=1S/C9H15N3O3/c1-14-5-3-10-7-9(13)11-6-8-2-4-15-12-8/h2,4,10H,3,5-7H2,1H3,(H,11,13). The summed E-state index contributed by atoms with van der Waals surface area (Å²) in [6.07, 6.45) is 1.47. The van der Waals surface area contributed by atoms with E-state index in [0.717, 1.165) is 0 Å². The van der Waals surface area contributed by atoms with E-state index in [4.69, 9.17) is 4.74 Å². The van der Waals surface area contributed by atoms with Gasteiger partial charge in [-0.25, -0.2) is 0 Å². The van der Waals surface area contributed by atoms with Crippen molar-refractivity contribution >= 4 is 5.91 Å². The monoisotopic (exact) mass is 213 g/mol. The SMILES string of the molecule is COCCNCC(=O)NCc1ccon1. The molecule has 0 saturated carbocycles. The number of nitrogens with one attached hydrogen (secondary N) is 2. The third-order valence-electron chi connectivity index (χ3n) is 1.73. The Labute approximate surface area is 88.0 Å². The molecule has 0 saturated heterocycles. The summed E-state index contributed by atoms with van der Waals surface area (Å²) in [5.74, 6) is -0.0749. The first-order valence-electron chi connectivity index (χ1n) is 4.68. The zero-order valence-electron chi connectivity index (χ0n) is 8.66. The van der Waals surface area contributed by atoms with Crippen LogP contribution in [0.4, 0.5) is 0 Å². The van der Waals surface area contributed by atoms with Gasteiger partial charge in [0.2, 0.25) is 5.91 Å². The van der Waals surface area contributed by atoms with Crippen molar-refractivity contribution in [2.75, 3.05) is 26.8 Å². The minimum atomic E-state index is -0.0749. The van der Waals surface area contributed by atoms with E-state index in [2.05, 4.69) is 20.3 Å². The maximum Gasteiger partial charge on any atom is 0.234 e. The molecule has 0 radical (unpaired) electrons. The zero-order valence-corrected chi connectivity index (χ0v) is 8.66. The van der Waals surface area contributed by atoms with Crippen LogP contribution in [0.15, 0.2) is 16.9 Å². The Balaban J connectivity index is 2.04. The summed E-state index contributed by atoms with van der Waals surface area (Å²) in [4.78, 5) is 11.2. The molecule has 0 aliphatic rings. The molecule has 1 aromatic rings. The lowest BCUT2D eigenvalue weighted by atomic mass is 10.4. The molecule has 1 heterocycles. The minimum absolute atomic E-state index is 0.0749. The average molecular weight is 213 g/mol. The Morgan fingerprint density at radius 1 is 1.67 bits per heavy atom. The number of hydrogen-bond donors (Lipinski definition) is 2. The largest absolute Gasteiger partial charge is 0.383 e. The second-order valence-corrected chi connectivity index (χ2v) is 2.94. The minimum Gasteiger partial charge on any atom is -0.383 e. The van der Waals surface area contributed by atoms with E-state index in [9.17, 15) is 4.79 Å². The van der Waals surface area contributed by atoms with Gasteiger partial charge in [0.25, 0.3) is 0 Å². The summed E-state index contributed by atoms with van der Waals surface area (Å²) in [5.41, 5.74) is 0.709. The van der Waals surface area contributed by atoms with E-state index in [1.54, 1.807) is 13.2 Å². The predicted octanol–water partition coefficient (Wildman–Crippen LogP) is -0.473. The fraction of sp³-hybridized carbons (Fsp3) is 0.556. The Morgan fingerprint density at radius 2 is 2.53 bits per heavy atom. The van der Waals surface area contributed by atoms with Crippen LogP contribution in [0.3, 0.4) is 0 Å². The molecule has 1 amide bonds. The molecule has 84 valence electrons. The lowest BCUT2D eigenvalue weighted by Gasteiger charge is -2.04. The van der Waals surface area contributed by atoms with E-state index >= 15 is 0 Å². The molecular formula is C9H15N3O3. The molecule has 0 spiro atoms. The number of carbonyl (C=O) groups excluding carboxylic acids is 1. The van der Waals surface area contributed by atoms with E-state index < -0.39 is 0 Å². The highest BCUT2D eigenvalue weighted by Gasteiger charge is 2.01. The van der Waals surface area contributed by atoms with Gasteiger partial charge in [0.15, 0.2) is 0 Å². The highest BCUT2D eigenvalue weighted by atomic mass is 16.5. The molecule has 6 nitrogen and oxygen atoms in total. The summed E-state index contributed by atoms with van der Waals surface area (Å²) in [6, 6.07) is 1.71. The van der Waals surface area contributed by atoms with Crippen molar-refractivity contribution in [1.82, 2.24) is 15.8 Å². The van der Waals surface area contributed by atoms with Crippen molar-refractivity contribution in [1.29, 1.82) is 0 Å². The molecule has 6 heteroatoms. The molecule has 1 aromatic heterocycles. The number of aromatic nitrogens is 1. The van der Waals surface area contributed by atoms with Crippen molar-refractivity contribution < 1.29 is 14.1 Å². The number of ether oxygens (including phenoxy) is 1. The highest BCUT2D eigenvalue weighted by Crippen LogP contribution is 1.91. The highest BCUT2D eigenvalue weighted by molar-refractivity contribution is 5.77. The maximum atomic E-state index is 11.2. The normalized spacial score (nSPS) is 10.2. The Hall–Kier alpha value is -1.40. The number of carbonyl (C=O) groups is 1. The van der Waals surface area contributed by atoms with E-state index in [-0.39, 0.29) is 12.5 Å². The summed E-state index contributed by atoms with van der Waals surface area (Å²) >= 11 is 0. The van der Waals surface area contributed by atoms with Gasteiger partial charge in [0.05, 0.1) is 19.7 Å². The van der Waals surface area contributed by atoms with Crippen LogP contribution < -0.4 is 10.6 Å². The van der Waals surface area contributed by atoms with Crippen LogP contribution in [-0.2, 0) is 16.1 Å². The molecule has 0 bridgehead atoms. The lowest BCUT2D eigenvalue weighted by molar-refractivity contribution is -0.120. The topological polar surface area (TPSA) is 76.4 Å².